The van der Waals surface area contributed by atoms with Crippen molar-refractivity contribution in [2.75, 3.05) is 13.2 Å². The van der Waals surface area contributed by atoms with Gasteiger partial charge in [0, 0.05) is 24.8 Å². The number of hydrogen-bond donors (Lipinski definition) is 2. The van der Waals surface area contributed by atoms with Crippen molar-refractivity contribution in [2.45, 2.75) is 18.9 Å². The zero-order chi connectivity index (χ0) is 12.4. The minimum atomic E-state index is -0.0293. The van der Waals surface area contributed by atoms with Crippen LogP contribution in [0.25, 0.3) is 11.0 Å². The topological polar surface area (TPSA) is 67.0 Å². The Balaban J connectivity index is 1.74. The molecule has 1 fully saturated rings. The fourth-order valence-electron chi connectivity index (χ4n) is 2.19. The van der Waals surface area contributed by atoms with Gasteiger partial charge in [-0.15, -0.1) is 0 Å². The lowest BCUT2D eigenvalue weighted by molar-refractivity contribution is 0.0696. The van der Waals surface area contributed by atoms with Crippen LogP contribution >= 0.6 is 0 Å². The van der Waals surface area contributed by atoms with E-state index in [1.54, 1.807) is 12.4 Å². The minimum Gasteiger partial charge on any atom is -0.381 e. The van der Waals surface area contributed by atoms with Gasteiger partial charge in [-0.3, -0.25) is 4.79 Å². The quantitative estimate of drug-likeness (QED) is 0.842. The van der Waals surface area contributed by atoms with E-state index in [1.807, 2.05) is 12.1 Å². The molecule has 0 unspecified atom stereocenters. The van der Waals surface area contributed by atoms with E-state index in [1.165, 1.54) is 0 Å². The van der Waals surface area contributed by atoms with Crippen molar-refractivity contribution in [3.63, 3.8) is 0 Å². The Morgan fingerprint density at radius 1 is 1.39 bits per heavy atom. The summed E-state index contributed by atoms with van der Waals surface area (Å²) < 4.78 is 5.27. The number of H-pyrrole nitrogens is 1. The second-order valence-electron chi connectivity index (χ2n) is 4.49. The lowest BCUT2D eigenvalue weighted by Gasteiger charge is -2.23. The highest BCUT2D eigenvalue weighted by Gasteiger charge is 2.17. The van der Waals surface area contributed by atoms with E-state index in [0.717, 1.165) is 37.1 Å². The third-order valence-corrected chi connectivity index (χ3v) is 3.24. The van der Waals surface area contributed by atoms with Crippen LogP contribution in [0.3, 0.4) is 0 Å². The van der Waals surface area contributed by atoms with Gasteiger partial charge in [-0.2, -0.15) is 0 Å². The lowest BCUT2D eigenvalue weighted by atomic mass is 10.1. The SMILES string of the molecule is O=C(NC1CCOCC1)c1ccc2nc[nH]c2c1. The maximum atomic E-state index is 12.1. The zero-order valence-corrected chi connectivity index (χ0v) is 9.98. The summed E-state index contributed by atoms with van der Waals surface area (Å²) in [6.45, 7) is 1.45. The van der Waals surface area contributed by atoms with Crippen LogP contribution in [0.2, 0.25) is 0 Å². The zero-order valence-electron chi connectivity index (χ0n) is 9.98. The van der Waals surface area contributed by atoms with Crippen molar-refractivity contribution < 1.29 is 9.53 Å². The molecule has 1 amide bonds. The van der Waals surface area contributed by atoms with Crippen LogP contribution in [0.5, 0.6) is 0 Å². The highest BCUT2D eigenvalue weighted by Crippen LogP contribution is 2.13. The number of benzene rings is 1. The Morgan fingerprint density at radius 3 is 3.06 bits per heavy atom. The van der Waals surface area contributed by atoms with E-state index >= 15 is 0 Å². The summed E-state index contributed by atoms with van der Waals surface area (Å²) in [5, 5.41) is 3.04. The van der Waals surface area contributed by atoms with E-state index in [9.17, 15) is 4.79 Å². The fourth-order valence-corrected chi connectivity index (χ4v) is 2.19. The molecule has 2 aromatic rings. The van der Waals surface area contributed by atoms with E-state index in [-0.39, 0.29) is 11.9 Å². The molecule has 1 aliphatic heterocycles. The number of fused-ring (bicyclic) bond motifs is 1. The van der Waals surface area contributed by atoms with Crippen LogP contribution in [-0.4, -0.2) is 35.1 Å². The molecule has 1 saturated heterocycles. The number of carbonyl (C=O) groups excluding carboxylic acids is 1. The fraction of sp³-hybridized carbons (Fsp3) is 0.385. The third-order valence-electron chi connectivity index (χ3n) is 3.24. The summed E-state index contributed by atoms with van der Waals surface area (Å²) in [4.78, 5) is 19.2. The Labute approximate surface area is 105 Å². The first-order valence-electron chi connectivity index (χ1n) is 6.15. The number of ether oxygens (including phenoxy) is 1. The first kappa shape index (κ1) is 11.2. The predicted molar refractivity (Wildman–Crippen MR) is 67.4 cm³/mol. The van der Waals surface area contributed by atoms with Crippen LogP contribution in [-0.2, 0) is 4.74 Å². The van der Waals surface area contributed by atoms with Gasteiger partial charge in [-0.1, -0.05) is 0 Å². The Bertz CT molecular complexity index is 558. The summed E-state index contributed by atoms with van der Waals surface area (Å²) in [5.74, 6) is -0.0293. The first-order valence-corrected chi connectivity index (χ1v) is 6.15. The summed E-state index contributed by atoms with van der Waals surface area (Å²) in [6, 6.07) is 5.71. The molecular weight excluding hydrogens is 230 g/mol. The van der Waals surface area contributed by atoms with E-state index < -0.39 is 0 Å². The predicted octanol–water partition coefficient (Wildman–Crippen LogP) is 1.47. The second kappa shape index (κ2) is 4.78. The smallest absolute Gasteiger partial charge is 0.251 e. The van der Waals surface area contributed by atoms with Crippen molar-refractivity contribution >= 4 is 16.9 Å². The number of nitrogens with zero attached hydrogens (tertiary/aromatic N) is 1. The highest BCUT2D eigenvalue weighted by atomic mass is 16.5. The van der Waals surface area contributed by atoms with Crippen LogP contribution in [0, 0.1) is 0 Å². The molecule has 0 saturated carbocycles. The molecule has 5 nitrogen and oxygen atoms in total. The first-order chi connectivity index (χ1) is 8.83. The molecule has 2 heterocycles. The molecule has 3 rings (SSSR count). The van der Waals surface area contributed by atoms with Gasteiger partial charge in [0.15, 0.2) is 0 Å². The number of aromatic nitrogens is 2. The molecule has 2 N–H and O–H groups in total. The molecule has 94 valence electrons. The second-order valence-corrected chi connectivity index (χ2v) is 4.49. The number of carbonyl (C=O) groups is 1. The highest BCUT2D eigenvalue weighted by molar-refractivity contribution is 5.97. The lowest BCUT2D eigenvalue weighted by Crippen LogP contribution is -2.38. The minimum absolute atomic E-state index is 0.0293. The van der Waals surface area contributed by atoms with Crippen LogP contribution in [0.1, 0.15) is 23.2 Å². The number of imidazole rings is 1. The van der Waals surface area contributed by atoms with E-state index in [4.69, 9.17) is 4.74 Å². The molecule has 1 aliphatic rings. The Kier molecular flexibility index (Phi) is 2.98. The van der Waals surface area contributed by atoms with Crippen molar-refractivity contribution in [1.82, 2.24) is 15.3 Å². The molecule has 0 aliphatic carbocycles. The van der Waals surface area contributed by atoms with Crippen molar-refractivity contribution in [1.29, 1.82) is 0 Å². The van der Waals surface area contributed by atoms with Gasteiger partial charge >= 0.3 is 0 Å². The van der Waals surface area contributed by atoms with Crippen molar-refractivity contribution in [3.8, 4) is 0 Å². The molecule has 1 aromatic heterocycles. The van der Waals surface area contributed by atoms with Gasteiger partial charge in [0.2, 0.25) is 0 Å². The van der Waals surface area contributed by atoms with Crippen molar-refractivity contribution in [3.05, 3.63) is 30.1 Å². The summed E-state index contributed by atoms with van der Waals surface area (Å²) in [6.07, 6.45) is 3.40. The molecule has 0 atom stereocenters. The largest absolute Gasteiger partial charge is 0.381 e. The molecule has 0 bridgehead atoms. The standard InChI is InChI=1S/C13H15N3O2/c17-13(16-10-3-5-18-6-4-10)9-1-2-11-12(7-9)15-8-14-11/h1-2,7-8,10H,3-6H2,(H,14,15)(H,16,17). The van der Waals surface area contributed by atoms with Gasteiger partial charge in [-0.05, 0) is 31.0 Å². The van der Waals surface area contributed by atoms with Gasteiger partial charge in [0.1, 0.15) is 0 Å². The molecule has 0 radical (unpaired) electrons. The average molecular weight is 245 g/mol. The molecule has 5 heteroatoms. The summed E-state index contributed by atoms with van der Waals surface area (Å²) in [7, 11) is 0. The van der Waals surface area contributed by atoms with E-state index in [0.29, 0.717) is 5.56 Å². The third kappa shape index (κ3) is 2.22. The maximum absolute atomic E-state index is 12.1. The summed E-state index contributed by atoms with van der Waals surface area (Å²) in [5.41, 5.74) is 2.42. The molecule has 0 spiro atoms. The molecular formula is C13H15N3O2. The number of rotatable bonds is 2. The number of amides is 1. The number of hydrogen-bond acceptors (Lipinski definition) is 3. The Hall–Kier alpha value is -1.88. The molecule has 1 aromatic carbocycles. The molecule has 18 heavy (non-hydrogen) atoms. The number of aromatic amines is 1. The Morgan fingerprint density at radius 2 is 2.22 bits per heavy atom. The van der Waals surface area contributed by atoms with Gasteiger partial charge in [0.05, 0.1) is 17.4 Å². The van der Waals surface area contributed by atoms with Crippen LogP contribution < -0.4 is 5.32 Å². The van der Waals surface area contributed by atoms with Gasteiger partial charge in [-0.25, -0.2) is 4.98 Å². The van der Waals surface area contributed by atoms with Gasteiger partial charge < -0.3 is 15.0 Å². The maximum Gasteiger partial charge on any atom is 0.251 e. The monoisotopic (exact) mass is 245 g/mol. The average Bonchev–Trinajstić information content (AvgIpc) is 2.87. The van der Waals surface area contributed by atoms with Crippen LogP contribution in [0.15, 0.2) is 24.5 Å². The van der Waals surface area contributed by atoms with Crippen LogP contribution in [0.4, 0.5) is 0 Å². The van der Waals surface area contributed by atoms with Crippen molar-refractivity contribution in [2.24, 2.45) is 0 Å². The number of nitrogens with one attached hydrogen (secondary N) is 2. The normalized spacial score (nSPS) is 16.9. The van der Waals surface area contributed by atoms with Gasteiger partial charge in [0.25, 0.3) is 5.91 Å². The van der Waals surface area contributed by atoms with E-state index in [2.05, 4.69) is 15.3 Å². The summed E-state index contributed by atoms with van der Waals surface area (Å²) >= 11 is 0.